The Hall–Kier alpha value is -3.22. The van der Waals surface area contributed by atoms with E-state index in [2.05, 4.69) is 16.9 Å². The SMILES string of the molecule is C=C(C(=O)NCc1ccc(F)cc1F)C(N)=NC(=C(C)C)/C(=C/C)O/C=C\C. The average Bonchev–Trinajstić information content (AvgIpc) is 2.65. The molecule has 0 aromatic heterocycles. The number of allylic oxidation sites excluding steroid dienone is 3. The van der Waals surface area contributed by atoms with Gasteiger partial charge in [-0.15, -0.1) is 0 Å². The van der Waals surface area contributed by atoms with E-state index in [0.29, 0.717) is 11.5 Å². The van der Waals surface area contributed by atoms with Crippen molar-refractivity contribution < 1.29 is 18.3 Å². The number of nitrogens with one attached hydrogen (secondary N) is 1. The van der Waals surface area contributed by atoms with Crippen LogP contribution in [0, 0.1) is 11.6 Å². The van der Waals surface area contributed by atoms with E-state index < -0.39 is 17.5 Å². The molecule has 0 atom stereocenters. The van der Waals surface area contributed by atoms with Gasteiger partial charge in [0.2, 0.25) is 0 Å². The number of ether oxygens (including phenoxy) is 1. The lowest BCUT2D eigenvalue weighted by Crippen LogP contribution is -2.31. The average molecular weight is 389 g/mol. The molecule has 0 bridgehead atoms. The van der Waals surface area contributed by atoms with Gasteiger partial charge in [0.1, 0.15) is 28.9 Å². The molecule has 0 spiro atoms. The van der Waals surface area contributed by atoms with Crippen LogP contribution in [0.25, 0.3) is 0 Å². The van der Waals surface area contributed by atoms with Crippen molar-refractivity contribution in [1.82, 2.24) is 5.32 Å². The van der Waals surface area contributed by atoms with Crippen molar-refractivity contribution in [3.05, 3.63) is 83.0 Å². The smallest absolute Gasteiger partial charge is 0.254 e. The van der Waals surface area contributed by atoms with Crippen molar-refractivity contribution in [3.8, 4) is 0 Å². The van der Waals surface area contributed by atoms with Crippen molar-refractivity contribution in [2.45, 2.75) is 34.2 Å². The molecule has 0 heterocycles. The van der Waals surface area contributed by atoms with Gasteiger partial charge >= 0.3 is 0 Å². The monoisotopic (exact) mass is 389 g/mol. The number of aliphatic imine (C=N–C) groups is 1. The van der Waals surface area contributed by atoms with Gasteiger partial charge < -0.3 is 15.8 Å². The van der Waals surface area contributed by atoms with Crippen LogP contribution < -0.4 is 11.1 Å². The Morgan fingerprint density at radius 3 is 2.54 bits per heavy atom. The van der Waals surface area contributed by atoms with Crippen LogP contribution in [-0.4, -0.2) is 11.7 Å². The molecule has 7 heteroatoms. The summed E-state index contributed by atoms with van der Waals surface area (Å²) in [5, 5.41) is 2.49. The summed E-state index contributed by atoms with van der Waals surface area (Å²) in [6.07, 6.45) is 4.95. The Morgan fingerprint density at radius 2 is 2.00 bits per heavy atom. The maximum Gasteiger partial charge on any atom is 0.254 e. The molecule has 1 rings (SSSR count). The Kier molecular flexibility index (Phi) is 8.81. The highest BCUT2D eigenvalue weighted by Gasteiger charge is 2.15. The van der Waals surface area contributed by atoms with E-state index in [4.69, 9.17) is 10.5 Å². The number of hydrogen-bond acceptors (Lipinski definition) is 3. The molecule has 5 nitrogen and oxygen atoms in total. The molecule has 1 amide bonds. The number of nitrogens with zero attached hydrogens (tertiary/aromatic N) is 1. The number of halogens is 2. The minimum absolute atomic E-state index is 0.0808. The van der Waals surface area contributed by atoms with E-state index >= 15 is 0 Å². The van der Waals surface area contributed by atoms with Crippen LogP contribution in [0.4, 0.5) is 8.78 Å². The molecule has 28 heavy (non-hydrogen) atoms. The van der Waals surface area contributed by atoms with Crippen molar-refractivity contribution in [3.63, 3.8) is 0 Å². The third kappa shape index (κ3) is 6.50. The Morgan fingerprint density at radius 1 is 1.32 bits per heavy atom. The molecular formula is C21H25F2N3O2. The zero-order valence-electron chi connectivity index (χ0n) is 16.5. The zero-order chi connectivity index (χ0) is 21.3. The highest BCUT2D eigenvalue weighted by atomic mass is 19.1. The second kappa shape index (κ2) is 10.8. The molecule has 0 aliphatic carbocycles. The Balaban J connectivity index is 2.93. The van der Waals surface area contributed by atoms with E-state index in [1.54, 1.807) is 19.1 Å². The molecule has 3 N–H and O–H groups in total. The Bertz CT molecular complexity index is 864. The van der Waals surface area contributed by atoms with Crippen molar-refractivity contribution in [2.75, 3.05) is 0 Å². The number of hydrogen-bond donors (Lipinski definition) is 2. The van der Waals surface area contributed by atoms with E-state index in [1.807, 2.05) is 20.8 Å². The van der Waals surface area contributed by atoms with E-state index in [-0.39, 0.29) is 23.5 Å². The lowest BCUT2D eigenvalue weighted by molar-refractivity contribution is -0.117. The summed E-state index contributed by atoms with van der Waals surface area (Å²) in [5.41, 5.74) is 7.28. The van der Waals surface area contributed by atoms with Gasteiger partial charge in [-0.3, -0.25) is 4.79 Å². The standard InChI is InChI=1S/C21H25F2N3O2/c1-6-10-28-18(7-2)19(13(3)4)26-20(24)14(5)21(27)25-12-15-8-9-16(22)11-17(15)23/h6-11H,5,12H2,1-4H3,(H2,24,26)(H,25,27)/b10-6-,18-7-. The van der Waals surface area contributed by atoms with E-state index in [9.17, 15) is 13.6 Å². The summed E-state index contributed by atoms with van der Waals surface area (Å²) in [7, 11) is 0. The summed E-state index contributed by atoms with van der Waals surface area (Å²) in [4.78, 5) is 16.5. The topological polar surface area (TPSA) is 76.7 Å². The van der Waals surface area contributed by atoms with E-state index in [1.165, 1.54) is 12.3 Å². The number of amides is 1. The maximum absolute atomic E-state index is 13.7. The summed E-state index contributed by atoms with van der Waals surface area (Å²) >= 11 is 0. The first-order valence-corrected chi connectivity index (χ1v) is 8.58. The van der Waals surface area contributed by atoms with Gasteiger partial charge in [0.15, 0.2) is 0 Å². The van der Waals surface area contributed by atoms with Gasteiger partial charge in [0, 0.05) is 18.2 Å². The molecule has 0 aliphatic heterocycles. The van der Waals surface area contributed by atoms with Crippen LogP contribution in [-0.2, 0) is 16.1 Å². The first kappa shape index (κ1) is 22.8. The summed E-state index contributed by atoms with van der Waals surface area (Å²) in [5.74, 6) is -1.69. The third-order valence-corrected chi connectivity index (χ3v) is 3.57. The first-order valence-electron chi connectivity index (χ1n) is 8.58. The van der Waals surface area contributed by atoms with Crippen molar-refractivity contribution in [1.29, 1.82) is 0 Å². The predicted octanol–water partition coefficient (Wildman–Crippen LogP) is 4.24. The van der Waals surface area contributed by atoms with Gasteiger partial charge in [-0.2, -0.15) is 0 Å². The molecule has 150 valence electrons. The highest BCUT2D eigenvalue weighted by molar-refractivity contribution is 6.19. The fourth-order valence-corrected chi connectivity index (χ4v) is 2.07. The normalized spacial score (nSPS) is 12.1. The van der Waals surface area contributed by atoms with Gasteiger partial charge in [-0.25, -0.2) is 13.8 Å². The number of carbonyl (C=O) groups is 1. The molecule has 0 aliphatic rings. The van der Waals surface area contributed by atoms with Crippen molar-refractivity contribution >= 4 is 11.7 Å². The highest BCUT2D eigenvalue weighted by Crippen LogP contribution is 2.19. The van der Waals surface area contributed by atoms with Crippen LogP contribution in [0.2, 0.25) is 0 Å². The van der Waals surface area contributed by atoms with E-state index in [0.717, 1.165) is 17.7 Å². The fourth-order valence-electron chi connectivity index (χ4n) is 2.07. The predicted molar refractivity (Wildman–Crippen MR) is 107 cm³/mol. The lowest BCUT2D eigenvalue weighted by Gasteiger charge is -2.12. The minimum Gasteiger partial charge on any atom is -0.463 e. The van der Waals surface area contributed by atoms with Gasteiger partial charge in [0.25, 0.3) is 5.91 Å². The number of nitrogens with two attached hydrogens (primary N) is 1. The largest absolute Gasteiger partial charge is 0.463 e. The summed E-state index contributed by atoms with van der Waals surface area (Å²) < 4.78 is 32.1. The molecule has 1 aromatic rings. The number of amidine groups is 1. The first-order chi connectivity index (χ1) is 13.2. The zero-order valence-corrected chi connectivity index (χ0v) is 16.5. The van der Waals surface area contributed by atoms with Crippen LogP contribution in [0.3, 0.4) is 0 Å². The molecule has 0 fully saturated rings. The van der Waals surface area contributed by atoms with Gasteiger partial charge in [-0.05, 0) is 45.4 Å². The molecule has 0 radical (unpaired) electrons. The second-order valence-corrected chi connectivity index (χ2v) is 5.98. The summed E-state index contributed by atoms with van der Waals surface area (Å²) in [6.45, 7) is 10.8. The molecular weight excluding hydrogens is 364 g/mol. The maximum atomic E-state index is 13.7. The molecule has 0 saturated carbocycles. The lowest BCUT2D eigenvalue weighted by atomic mass is 10.2. The van der Waals surface area contributed by atoms with Crippen LogP contribution in [0.5, 0.6) is 0 Å². The molecule has 0 saturated heterocycles. The minimum atomic E-state index is -0.752. The number of carbonyl (C=O) groups excluding carboxylic acids is 1. The van der Waals surface area contributed by atoms with Crippen molar-refractivity contribution in [2.24, 2.45) is 10.7 Å². The van der Waals surface area contributed by atoms with Gasteiger partial charge in [-0.1, -0.05) is 18.7 Å². The molecule has 1 aromatic carbocycles. The second-order valence-electron chi connectivity index (χ2n) is 5.98. The number of benzene rings is 1. The van der Waals surface area contributed by atoms with Crippen LogP contribution in [0.15, 0.2) is 70.8 Å². The molecule has 0 unspecified atom stereocenters. The summed E-state index contributed by atoms with van der Waals surface area (Å²) in [6, 6.07) is 3.11. The number of rotatable bonds is 8. The van der Waals surface area contributed by atoms with Gasteiger partial charge in [0.05, 0.1) is 11.8 Å². The quantitative estimate of drug-likeness (QED) is 0.230. The third-order valence-electron chi connectivity index (χ3n) is 3.57. The van der Waals surface area contributed by atoms with Crippen LogP contribution in [0.1, 0.15) is 33.3 Å². The fraction of sp³-hybridized carbons (Fsp3) is 0.238. The Labute approximate surface area is 164 Å². The van der Waals surface area contributed by atoms with Crippen LogP contribution >= 0.6 is 0 Å².